The standard InChI is InChI=1S/C14H11N3O2/c1-9-5-6-12-13(7-9)16-14(15-12)10-3-2-4-11(8-10)17(18)19/h2-8H,1H3,(H,15,16). The molecule has 0 fully saturated rings. The van der Waals surface area contributed by atoms with E-state index < -0.39 is 4.92 Å². The van der Waals surface area contributed by atoms with E-state index in [0.717, 1.165) is 16.6 Å². The molecule has 0 aliphatic heterocycles. The van der Waals surface area contributed by atoms with E-state index in [9.17, 15) is 10.1 Å². The number of non-ortho nitro benzene ring substituents is 1. The average molecular weight is 253 g/mol. The number of benzene rings is 2. The number of rotatable bonds is 2. The van der Waals surface area contributed by atoms with Crippen LogP contribution in [0.5, 0.6) is 0 Å². The van der Waals surface area contributed by atoms with Gasteiger partial charge >= 0.3 is 0 Å². The lowest BCUT2D eigenvalue weighted by atomic mass is 10.2. The molecule has 1 N–H and O–H groups in total. The van der Waals surface area contributed by atoms with Gasteiger partial charge in [-0.2, -0.15) is 0 Å². The minimum Gasteiger partial charge on any atom is -0.338 e. The van der Waals surface area contributed by atoms with Crippen molar-refractivity contribution in [2.24, 2.45) is 0 Å². The number of fused-ring (bicyclic) bond motifs is 1. The van der Waals surface area contributed by atoms with Crippen LogP contribution in [0.2, 0.25) is 0 Å². The molecule has 0 amide bonds. The third-order valence-electron chi connectivity index (χ3n) is 2.97. The van der Waals surface area contributed by atoms with Crippen LogP contribution < -0.4 is 0 Å². The molecular weight excluding hydrogens is 242 g/mol. The average Bonchev–Trinajstić information content (AvgIpc) is 2.81. The molecule has 1 heterocycles. The van der Waals surface area contributed by atoms with E-state index in [2.05, 4.69) is 9.97 Å². The first-order chi connectivity index (χ1) is 9.13. The van der Waals surface area contributed by atoms with Gasteiger partial charge < -0.3 is 4.98 Å². The van der Waals surface area contributed by atoms with Gasteiger partial charge in [0, 0.05) is 17.7 Å². The largest absolute Gasteiger partial charge is 0.338 e. The van der Waals surface area contributed by atoms with E-state index in [0.29, 0.717) is 11.4 Å². The second-order valence-electron chi connectivity index (χ2n) is 4.41. The molecule has 0 aliphatic rings. The zero-order valence-electron chi connectivity index (χ0n) is 10.3. The van der Waals surface area contributed by atoms with Crippen LogP contribution in [0.1, 0.15) is 5.56 Å². The molecule has 0 spiro atoms. The topological polar surface area (TPSA) is 71.8 Å². The van der Waals surface area contributed by atoms with Crippen molar-refractivity contribution in [3.05, 3.63) is 58.1 Å². The van der Waals surface area contributed by atoms with Crippen molar-refractivity contribution in [1.82, 2.24) is 9.97 Å². The second kappa shape index (κ2) is 4.20. The Morgan fingerprint density at radius 1 is 1.21 bits per heavy atom. The van der Waals surface area contributed by atoms with Crippen molar-refractivity contribution in [3.63, 3.8) is 0 Å². The molecule has 5 heteroatoms. The van der Waals surface area contributed by atoms with Crippen LogP contribution in [-0.2, 0) is 0 Å². The highest BCUT2D eigenvalue weighted by Gasteiger charge is 2.10. The Kier molecular flexibility index (Phi) is 2.52. The van der Waals surface area contributed by atoms with Crippen LogP contribution in [0.25, 0.3) is 22.4 Å². The van der Waals surface area contributed by atoms with Crippen LogP contribution in [0.3, 0.4) is 0 Å². The maximum absolute atomic E-state index is 10.8. The lowest BCUT2D eigenvalue weighted by molar-refractivity contribution is -0.384. The number of H-pyrrole nitrogens is 1. The smallest absolute Gasteiger partial charge is 0.270 e. The fourth-order valence-corrected chi connectivity index (χ4v) is 2.03. The third-order valence-corrected chi connectivity index (χ3v) is 2.97. The summed E-state index contributed by atoms with van der Waals surface area (Å²) in [4.78, 5) is 18.0. The molecule has 0 bridgehead atoms. The number of aromatic nitrogens is 2. The number of imidazole rings is 1. The first-order valence-electron chi connectivity index (χ1n) is 5.85. The molecule has 94 valence electrons. The monoisotopic (exact) mass is 253 g/mol. The van der Waals surface area contributed by atoms with E-state index in [-0.39, 0.29) is 5.69 Å². The van der Waals surface area contributed by atoms with Gasteiger partial charge in [0.2, 0.25) is 0 Å². The SMILES string of the molecule is Cc1ccc2nc(-c3cccc([N+](=O)[O-])c3)[nH]c2c1. The van der Waals surface area contributed by atoms with Crippen LogP contribution in [0.4, 0.5) is 5.69 Å². The van der Waals surface area contributed by atoms with Crippen molar-refractivity contribution < 1.29 is 4.92 Å². The Hall–Kier alpha value is -2.69. The lowest BCUT2D eigenvalue weighted by Gasteiger charge is -1.96. The van der Waals surface area contributed by atoms with Crippen LogP contribution in [0, 0.1) is 17.0 Å². The van der Waals surface area contributed by atoms with Gasteiger partial charge in [-0.3, -0.25) is 10.1 Å². The molecule has 2 aromatic carbocycles. The summed E-state index contributed by atoms with van der Waals surface area (Å²) in [7, 11) is 0. The first-order valence-corrected chi connectivity index (χ1v) is 5.85. The molecule has 5 nitrogen and oxygen atoms in total. The third kappa shape index (κ3) is 2.06. The van der Waals surface area contributed by atoms with Crippen molar-refractivity contribution >= 4 is 16.7 Å². The molecule has 3 rings (SSSR count). The Bertz CT molecular complexity index is 777. The molecule has 0 radical (unpaired) electrons. The van der Waals surface area contributed by atoms with E-state index >= 15 is 0 Å². The van der Waals surface area contributed by atoms with Crippen molar-refractivity contribution in [2.45, 2.75) is 6.92 Å². The second-order valence-corrected chi connectivity index (χ2v) is 4.41. The minimum atomic E-state index is -0.406. The highest BCUT2D eigenvalue weighted by molar-refractivity contribution is 5.80. The Labute approximate surface area is 109 Å². The number of nitro benzene ring substituents is 1. The van der Waals surface area contributed by atoms with Crippen molar-refractivity contribution in [1.29, 1.82) is 0 Å². The Morgan fingerprint density at radius 3 is 2.84 bits per heavy atom. The first kappa shape index (κ1) is 11.4. The van der Waals surface area contributed by atoms with Crippen LogP contribution in [-0.4, -0.2) is 14.9 Å². The van der Waals surface area contributed by atoms with E-state index in [4.69, 9.17) is 0 Å². The zero-order valence-corrected chi connectivity index (χ0v) is 10.3. The summed E-state index contributed by atoms with van der Waals surface area (Å²) in [5, 5.41) is 10.8. The van der Waals surface area contributed by atoms with E-state index in [1.165, 1.54) is 12.1 Å². The normalized spacial score (nSPS) is 10.8. The van der Waals surface area contributed by atoms with Crippen molar-refractivity contribution in [2.75, 3.05) is 0 Å². The van der Waals surface area contributed by atoms with E-state index in [1.807, 2.05) is 25.1 Å². The Balaban J connectivity index is 2.13. The molecule has 0 saturated heterocycles. The van der Waals surface area contributed by atoms with E-state index in [1.54, 1.807) is 12.1 Å². The van der Waals surface area contributed by atoms with Gasteiger partial charge in [-0.05, 0) is 24.6 Å². The Morgan fingerprint density at radius 2 is 2.05 bits per heavy atom. The number of nitro groups is 1. The van der Waals surface area contributed by atoms with Crippen LogP contribution in [0.15, 0.2) is 42.5 Å². The van der Waals surface area contributed by atoms with Gasteiger partial charge in [-0.25, -0.2) is 4.98 Å². The van der Waals surface area contributed by atoms with Gasteiger partial charge in [0.15, 0.2) is 0 Å². The highest BCUT2D eigenvalue weighted by Crippen LogP contribution is 2.24. The quantitative estimate of drug-likeness (QED) is 0.561. The zero-order chi connectivity index (χ0) is 13.4. The number of nitrogens with one attached hydrogen (secondary N) is 1. The minimum absolute atomic E-state index is 0.0640. The lowest BCUT2D eigenvalue weighted by Crippen LogP contribution is -1.88. The van der Waals surface area contributed by atoms with Gasteiger partial charge in [0.25, 0.3) is 5.69 Å². The summed E-state index contributed by atoms with van der Waals surface area (Å²) >= 11 is 0. The van der Waals surface area contributed by atoms with Crippen LogP contribution >= 0.6 is 0 Å². The summed E-state index contributed by atoms with van der Waals surface area (Å²) in [5.41, 5.74) is 3.70. The molecule has 3 aromatic rings. The van der Waals surface area contributed by atoms with Gasteiger partial charge in [-0.15, -0.1) is 0 Å². The summed E-state index contributed by atoms with van der Waals surface area (Å²) in [5.74, 6) is 0.643. The van der Waals surface area contributed by atoms with Gasteiger partial charge in [0.1, 0.15) is 5.82 Å². The molecular formula is C14H11N3O2. The molecule has 19 heavy (non-hydrogen) atoms. The predicted octanol–water partition coefficient (Wildman–Crippen LogP) is 3.45. The number of nitrogens with zero attached hydrogens (tertiary/aromatic N) is 2. The number of hydrogen-bond donors (Lipinski definition) is 1. The van der Waals surface area contributed by atoms with Gasteiger partial charge in [-0.1, -0.05) is 18.2 Å². The molecule has 0 saturated carbocycles. The summed E-state index contributed by atoms with van der Waals surface area (Å²) in [6.07, 6.45) is 0. The maximum Gasteiger partial charge on any atom is 0.270 e. The number of aromatic amines is 1. The van der Waals surface area contributed by atoms with Crippen molar-refractivity contribution in [3.8, 4) is 11.4 Å². The summed E-state index contributed by atoms with van der Waals surface area (Å²) in [6, 6.07) is 12.4. The summed E-state index contributed by atoms with van der Waals surface area (Å²) in [6.45, 7) is 2.01. The molecule has 1 aromatic heterocycles. The highest BCUT2D eigenvalue weighted by atomic mass is 16.6. The molecule has 0 aliphatic carbocycles. The fraction of sp³-hybridized carbons (Fsp3) is 0.0714. The number of aryl methyl sites for hydroxylation is 1. The molecule has 0 atom stereocenters. The predicted molar refractivity (Wildman–Crippen MR) is 72.9 cm³/mol. The number of hydrogen-bond acceptors (Lipinski definition) is 3. The fourth-order valence-electron chi connectivity index (χ4n) is 2.03. The molecule has 0 unspecified atom stereocenters. The summed E-state index contributed by atoms with van der Waals surface area (Å²) < 4.78 is 0. The van der Waals surface area contributed by atoms with Gasteiger partial charge in [0.05, 0.1) is 16.0 Å². The maximum atomic E-state index is 10.8.